The van der Waals surface area contributed by atoms with Gasteiger partial charge in [0.2, 0.25) is 5.89 Å². The highest BCUT2D eigenvalue weighted by atomic mass is 32.1. The summed E-state index contributed by atoms with van der Waals surface area (Å²) in [5.41, 5.74) is 5.98. The van der Waals surface area contributed by atoms with E-state index in [1.165, 1.54) is 6.07 Å². The van der Waals surface area contributed by atoms with Crippen molar-refractivity contribution in [2.75, 3.05) is 5.32 Å². The van der Waals surface area contributed by atoms with Crippen LogP contribution in [0.3, 0.4) is 0 Å². The molecule has 0 aliphatic heterocycles. The van der Waals surface area contributed by atoms with Crippen molar-refractivity contribution in [3.63, 3.8) is 0 Å². The van der Waals surface area contributed by atoms with E-state index < -0.39 is 0 Å². The number of aromatic hydroxyl groups is 1. The lowest BCUT2D eigenvalue weighted by Gasteiger charge is -2.11. The molecule has 0 bridgehead atoms. The van der Waals surface area contributed by atoms with Gasteiger partial charge in [0, 0.05) is 17.3 Å². The first-order valence-corrected chi connectivity index (χ1v) is 10.1. The number of nitrogens with zero attached hydrogens (tertiary/aromatic N) is 1. The normalized spacial score (nSPS) is 10.8. The van der Waals surface area contributed by atoms with Crippen LogP contribution in [0.4, 0.5) is 5.69 Å². The predicted molar refractivity (Wildman–Crippen MR) is 125 cm³/mol. The molecule has 0 saturated carbocycles. The van der Waals surface area contributed by atoms with Gasteiger partial charge < -0.3 is 14.8 Å². The van der Waals surface area contributed by atoms with Crippen LogP contribution in [0.15, 0.2) is 59.0 Å². The molecule has 156 valence electrons. The van der Waals surface area contributed by atoms with Crippen LogP contribution >= 0.6 is 12.2 Å². The quantitative estimate of drug-likeness (QED) is 0.384. The first-order chi connectivity index (χ1) is 14.8. The van der Waals surface area contributed by atoms with Crippen LogP contribution in [0.5, 0.6) is 5.75 Å². The molecular weight excluding hydrogens is 410 g/mol. The number of phenolic OH excluding ortho intramolecular Hbond substituents is 1. The number of oxazole rings is 1. The average Bonchev–Trinajstić information content (AvgIpc) is 3.09. The van der Waals surface area contributed by atoms with Gasteiger partial charge in [-0.05, 0) is 75.0 Å². The van der Waals surface area contributed by atoms with Crippen LogP contribution in [0.2, 0.25) is 0 Å². The number of anilines is 1. The number of aryl methyl sites for hydroxylation is 3. The molecule has 4 aromatic rings. The van der Waals surface area contributed by atoms with Crippen LogP contribution in [0.25, 0.3) is 22.6 Å². The molecule has 31 heavy (non-hydrogen) atoms. The van der Waals surface area contributed by atoms with Gasteiger partial charge >= 0.3 is 0 Å². The molecule has 1 amide bonds. The Kier molecular flexibility index (Phi) is 5.44. The Morgan fingerprint density at radius 1 is 0.968 bits per heavy atom. The van der Waals surface area contributed by atoms with E-state index in [9.17, 15) is 9.90 Å². The van der Waals surface area contributed by atoms with Gasteiger partial charge in [0.05, 0.1) is 5.56 Å². The third-order valence-electron chi connectivity index (χ3n) is 4.74. The maximum absolute atomic E-state index is 12.5. The van der Waals surface area contributed by atoms with E-state index in [2.05, 4.69) is 15.6 Å². The average molecular weight is 432 g/mol. The van der Waals surface area contributed by atoms with Gasteiger partial charge in [0.15, 0.2) is 10.7 Å². The Labute approximate surface area is 184 Å². The summed E-state index contributed by atoms with van der Waals surface area (Å²) in [5.74, 6) is 0.0129. The summed E-state index contributed by atoms with van der Waals surface area (Å²) in [7, 11) is 0. The summed E-state index contributed by atoms with van der Waals surface area (Å²) in [5, 5.41) is 16.2. The third kappa shape index (κ3) is 4.57. The molecule has 0 radical (unpaired) electrons. The largest absolute Gasteiger partial charge is 0.507 e. The van der Waals surface area contributed by atoms with E-state index in [1.807, 2.05) is 45.0 Å². The molecule has 0 aliphatic rings. The minimum atomic E-state index is -0.299. The molecule has 3 aromatic carbocycles. The zero-order valence-corrected chi connectivity index (χ0v) is 18.1. The van der Waals surface area contributed by atoms with E-state index in [0.29, 0.717) is 28.3 Å². The summed E-state index contributed by atoms with van der Waals surface area (Å²) in [6, 6.07) is 16.2. The monoisotopic (exact) mass is 431 g/mol. The van der Waals surface area contributed by atoms with Gasteiger partial charge in [0.1, 0.15) is 11.3 Å². The van der Waals surface area contributed by atoms with Crippen molar-refractivity contribution in [3.05, 3.63) is 76.9 Å². The summed E-state index contributed by atoms with van der Waals surface area (Å²) < 4.78 is 5.76. The summed E-state index contributed by atoms with van der Waals surface area (Å²) >= 11 is 5.25. The van der Waals surface area contributed by atoms with E-state index in [0.717, 1.165) is 22.2 Å². The van der Waals surface area contributed by atoms with Crippen molar-refractivity contribution in [2.24, 2.45) is 0 Å². The molecular formula is C24H21N3O3S. The zero-order chi connectivity index (χ0) is 22.1. The minimum Gasteiger partial charge on any atom is -0.507 e. The molecule has 7 heteroatoms. The van der Waals surface area contributed by atoms with Crippen molar-refractivity contribution >= 4 is 40.0 Å². The summed E-state index contributed by atoms with van der Waals surface area (Å²) in [6.07, 6.45) is 0. The number of phenols is 1. The number of hydrogen-bond donors (Lipinski definition) is 3. The molecule has 4 rings (SSSR count). The Morgan fingerprint density at radius 2 is 1.71 bits per heavy atom. The number of amides is 1. The fourth-order valence-electron chi connectivity index (χ4n) is 3.39. The summed E-state index contributed by atoms with van der Waals surface area (Å²) in [6.45, 7) is 5.85. The maximum Gasteiger partial charge on any atom is 0.257 e. The fraction of sp³-hybridized carbons (Fsp3) is 0.125. The molecule has 1 heterocycles. The molecule has 0 unspecified atom stereocenters. The van der Waals surface area contributed by atoms with Crippen molar-refractivity contribution in [3.8, 4) is 17.2 Å². The van der Waals surface area contributed by atoms with Gasteiger partial charge in [-0.1, -0.05) is 23.3 Å². The van der Waals surface area contributed by atoms with Crippen molar-refractivity contribution in [2.45, 2.75) is 20.8 Å². The van der Waals surface area contributed by atoms with Gasteiger partial charge in [-0.2, -0.15) is 0 Å². The second-order valence-corrected chi connectivity index (χ2v) is 7.92. The highest BCUT2D eigenvalue weighted by Crippen LogP contribution is 2.33. The van der Waals surface area contributed by atoms with Gasteiger partial charge in [0.25, 0.3) is 5.91 Å². The number of carbonyl (C=O) groups is 1. The lowest BCUT2D eigenvalue weighted by atomic mass is 10.1. The number of hydrogen-bond acceptors (Lipinski definition) is 5. The number of carbonyl (C=O) groups excluding carboxylic acids is 1. The van der Waals surface area contributed by atoms with E-state index in [-0.39, 0.29) is 16.8 Å². The number of rotatable bonds is 3. The van der Waals surface area contributed by atoms with Crippen LogP contribution < -0.4 is 10.6 Å². The molecule has 3 N–H and O–H groups in total. The van der Waals surface area contributed by atoms with E-state index in [1.54, 1.807) is 24.3 Å². The highest BCUT2D eigenvalue weighted by Gasteiger charge is 2.14. The van der Waals surface area contributed by atoms with E-state index in [4.69, 9.17) is 16.6 Å². The standard InChI is InChI=1S/C24H21N3O3S/c1-13-4-7-21-19(11-13)26-23(30-21)18-6-5-17(12-20(18)28)25-24(31)27-22(29)16-9-14(2)8-15(3)10-16/h4-12,28H,1-3H3,(H2,25,27,29,31). The molecule has 0 saturated heterocycles. The fourth-order valence-corrected chi connectivity index (χ4v) is 3.60. The van der Waals surface area contributed by atoms with Gasteiger partial charge in [-0.3, -0.25) is 10.1 Å². The number of nitrogens with one attached hydrogen (secondary N) is 2. The molecule has 1 aromatic heterocycles. The zero-order valence-electron chi connectivity index (χ0n) is 17.3. The highest BCUT2D eigenvalue weighted by molar-refractivity contribution is 7.80. The molecule has 6 nitrogen and oxygen atoms in total. The second kappa shape index (κ2) is 8.20. The number of benzene rings is 3. The Hall–Kier alpha value is -3.71. The molecule has 0 fully saturated rings. The van der Waals surface area contributed by atoms with Crippen LogP contribution in [0.1, 0.15) is 27.0 Å². The lowest BCUT2D eigenvalue weighted by molar-refractivity contribution is 0.0977. The van der Waals surface area contributed by atoms with Crippen LogP contribution in [0, 0.1) is 20.8 Å². The van der Waals surface area contributed by atoms with E-state index >= 15 is 0 Å². The van der Waals surface area contributed by atoms with Crippen molar-refractivity contribution in [1.82, 2.24) is 10.3 Å². The van der Waals surface area contributed by atoms with Crippen molar-refractivity contribution < 1.29 is 14.3 Å². The molecule has 0 atom stereocenters. The number of aromatic nitrogens is 1. The molecule has 0 spiro atoms. The number of fused-ring (bicyclic) bond motifs is 1. The first-order valence-electron chi connectivity index (χ1n) is 9.70. The lowest BCUT2D eigenvalue weighted by Crippen LogP contribution is -2.34. The second-order valence-electron chi connectivity index (χ2n) is 7.51. The van der Waals surface area contributed by atoms with Crippen LogP contribution in [-0.4, -0.2) is 21.1 Å². The Bertz CT molecular complexity index is 1310. The third-order valence-corrected chi connectivity index (χ3v) is 4.94. The smallest absolute Gasteiger partial charge is 0.257 e. The number of thiocarbonyl (C=S) groups is 1. The van der Waals surface area contributed by atoms with Gasteiger partial charge in [-0.25, -0.2) is 4.98 Å². The Balaban J connectivity index is 1.48. The first kappa shape index (κ1) is 20.6. The topological polar surface area (TPSA) is 87.4 Å². The minimum absolute atomic E-state index is 0.0169. The summed E-state index contributed by atoms with van der Waals surface area (Å²) in [4.78, 5) is 16.9. The molecule has 0 aliphatic carbocycles. The SMILES string of the molecule is Cc1cc(C)cc(C(=O)NC(=S)Nc2ccc(-c3nc4cc(C)ccc4o3)c(O)c2)c1. The van der Waals surface area contributed by atoms with Crippen LogP contribution in [-0.2, 0) is 0 Å². The predicted octanol–water partition coefficient (Wildman–Crippen LogP) is 5.25. The Morgan fingerprint density at radius 3 is 2.42 bits per heavy atom. The van der Waals surface area contributed by atoms with Gasteiger partial charge in [-0.15, -0.1) is 0 Å². The van der Waals surface area contributed by atoms with Crippen molar-refractivity contribution in [1.29, 1.82) is 0 Å². The maximum atomic E-state index is 12.5.